The quantitative estimate of drug-likeness (QED) is 0.892. The lowest BCUT2D eigenvalue weighted by Crippen LogP contribution is -2.24. The maximum atomic E-state index is 11.7. The van der Waals surface area contributed by atoms with E-state index in [0.717, 1.165) is 24.5 Å². The lowest BCUT2D eigenvalue weighted by molar-refractivity contribution is 0.313. The van der Waals surface area contributed by atoms with Gasteiger partial charge < -0.3 is 15.2 Å². The van der Waals surface area contributed by atoms with Crippen molar-refractivity contribution in [2.24, 2.45) is 0 Å². The van der Waals surface area contributed by atoms with Crippen LogP contribution in [0, 0.1) is 0 Å². The molecule has 0 fully saturated rings. The largest absolute Gasteiger partial charge is 0.398 e. The van der Waals surface area contributed by atoms with E-state index in [1.54, 1.807) is 16.8 Å². The first kappa shape index (κ1) is 15.6. The van der Waals surface area contributed by atoms with Crippen molar-refractivity contribution in [1.82, 2.24) is 9.47 Å². The summed E-state index contributed by atoms with van der Waals surface area (Å²) in [6.07, 6.45) is 2.59. The van der Waals surface area contributed by atoms with E-state index < -0.39 is 0 Å². The zero-order chi connectivity index (χ0) is 15.2. The summed E-state index contributed by atoms with van der Waals surface area (Å²) in [4.78, 5) is 13.9. The third-order valence-electron chi connectivity index (χ3n) is 3.31. The van der Waals surface area contributed by atoms with Crippen LogP contribution in [-0.4, -0.2) is 23.1 Å². The Morgan fingerprint density at radius 3 is 2.62 bits per heavy atom. The van der Waals surface area contributed by atoms with Gasteiger partial charge in [-0.25, -0.2) is 0 Å². The van der Waals surface area contributed by atoms with Crippen LogP contribution in [0.3, 0.4) is 0 Å². The average Bonchev–Trinajstić information content (AvgIpc) is 2.45. The highest BCUT2D eigenvalue weighted by molar-refractivity contribution is 6.30. The van der Waals surface area contributed by atoms with E-state index >= 15 is 0 Å². The summed E-state index contributed by atoms with van der Waals surface area (Å²) in [5, 5.41) is 0.752. The maximum Gasteiger partial charge on any atom is 0.250 e. The second kappa shape index (κ2) is 7.29. The van der Waals surface area contributed by atoms with Gasteiger partial charge in [-0.2, -0.15) is 0 Å². The summed E-state index contributed by atoms with van der Waals surface area (Å²) in [5.41, 5.74) is 7.52. The standard InChI is InChI=1S/C16H20ClN3O/c1-19(11-13-3-5-14(17)6-4-13)9-2-10-20-12-15(18)7-8-16(20)21/h3-8,12H,2,9-11,18H2,1H3. The van der Waals surface area contributed by atoms with E-state index in [1.165, 1.54) is 11.6 Å². The number of nitrogens with zero attached hydrogens (tertiary/aromatic N) is 2. The number of hydrogen-bond donors (Lipinski definition) is 1. The molecular formula is C16H20ClN3O. The van der Waals surface area contributed by atoms with Gasteiger partial charge in [-0.05, 0) is 43.8 Å². The Balaban J connectivity index is 1.81. The zero-order valence-electron chi connectivity index (χ0n) is 12.1. The minimum atomic E-state index is -0.00967. The van der Waals surface area contributed by atoms with Gasteiger partial charge in [-0.15, -0.1) is 0 Å². The van der Waals surface area contributed by atoms with Gasteiger partial charge in [0.05, 0.1) is 0 Å². The summed E-state index contributed by atoms with van der Waals surface area (Å²) in [7, 11) is 2.07. The fourth-order valence-corrected chi connectivity index (χ4v) is 2.34. The molecule has 0 aliphatic heterocycles. The van der Waals surface area contributed by atoms with Gasteiger partial charge in [-0.3, -0.25) is 4.79 Å². The molecule has 2 rings (SSSR count). The highest BCUT2D eigenvalue weighted by Crippen LogP contribution is 2.11. The summed E-state index contributed by atoms with van der Waals surface area (Å²) in [5.74, 6) is 0. The molecule has 5 heteroatoms. The van der Waals surface area contributed by atoms with Gasteiger partial charge in [0, 0.05) is 36.1 Å². The van der Waals surface area contributed by atoms with Gasteiger partial charge in [0.15, 0.2) is 0 Å². The van der Waals surface area contributed by atoms with Crippen LogP contribution in [0.2, 0.25) is 5.02 Å². The van der Waals surface area contributed by atoms with Gasteiger partial charge in [0.2, 0.25) is 0 Å². The Hall–Kier alpha value is -1.78. The van der Waals surface area contributed by atoms with Crippen molar-refractivity contribution in [2.45, 2.75) is 19.5 Å². The minimum Gasteiger partial charge on any atom is -0.398 e. The molecule has 0 saturated heterocycles. The number of aryl methyl sites for hydroxylation is 1. The molecule has 2 aromatic rings. The fraction of sp³-hybridized carbons (Fsp3) is 0.312. The van der Waals surface area contributed by atoms with Crippen LogP contribution in [0.5, 0.6) is 0 Å². The van der Waals surface area contributed by atoms with E-state index in [-0.39, 0.29) is 5.56 Å². The molecule has 0 atom stereocenters. The number of hydrogen-bond acceptors (Lipinski definition) is 3. The highest BCUT2D eigenvalue weighted by atomic mass is 35.5. The van der Waals surface area contributed by atoms with Crippen LogP contribution in [0.4, 0.5) is 5.69 Å². The number of benzene rings is 1. The monoisotopic (exact) mass is 305 g/mol. The molecule has 0 spiro atoms. The predicted octanol–water partition coefficient (Wildman–Crippen LogP) is 2.61. The van der Waals surface area contributed by atoms with Crippen molar-refractivity contribution in [3.8, 4) is 0 Å². The van der Waals surface area contributed by atoms with E-state index in [1.807, 2.05) is 24.3 Å². The predicted molar refractivity (Wildman–Crippen MR) is 87.5 cm³/mol. The van der Waals surface area contributed by atoms with Crippen LogP contribution in [-0.2, 0) is 13.1 Å². The van der Waals surface area contributed by atoms with Gasteiger partial charge in [0.25, 0.3) is 5.56 Å². The number of pyridine rings is 1. The summed E-state index contributed by atoms with van der Waals surface area (Å²) < 4.78 is 1.66. The van der Waals surface area contributed by atoms with E-state index in [2.05, 4.69) is 11.9 Å². The van der Waals surface area contributed by atoms with Crippen LogP contribution >= 0.6 is 11.6 Å². The minimum absolute atomic E-state index is 0.00967. The molecule has 0 radical (unpaired) electrons. The van der Waals surface area contributed by atoms with Crippen molar-refractivity contribution in [1.29, 1.82) is 0 Å². The van der Waals surface area contributed by atoms with Gasteiger partial charge >= 0.3 is 0 Å². The molecule has 0 bridgehead atoms. The molecule has 1 aromatic carbocycles. The maximum absolute atomic E-state index is 11.7. The lowest BCUT2D eigenvalue weighted by atomic mass is 10.2. The molecule has 4 nitrogen and oxygen atoms in total. The van der Waals surface area contributed by atoms with Crippen LogP contribution in [0.15, 0.2) is 47.4 Å². The van der Waals surface area contributed by atoms with E-state index in [4.69, 9.17) is 17.3 Å². The number of rotatable bonds is 6. The summed E-state index contributed by atoms with van der Waals surface area (Å²) in [6.45, 7) is 2.45. The molecular weight excluding hydrogens is 286 g/mol. The number of anilines is 1. The first-order valence-corrected chi connectivity index (χ1v) is 7.31. The second-order valence-corrected chi connectivity index (χ2v) is 5.65. The first-order valence-electron chi connectivity index (χ1n) is 6.93. The van der Waals surface area contributed by atoms with Crippen molar-refractivity contribution >= 4 is 17.3 Å². The number of aromatic nitrogens is 1. The van der Waals surface area contributed by atoms with Crippen LogP contribution in [0.25, 0.3) is 0 Å². The van der Waals surface area contributed by atoms with E-state index in [0.29, 0.717) is 12.2 Å². The molecule has 0 amide bonds. The normalized spacial score (nSPS) is 11.0. The number of nitrogens with two attached hydrogens (primary N) is 1. The molecule has 0 aliphatic rings. The van der Waals surface area contributed by atoms with Crippen molar-refractivity contribution in [2.75, 3.05) is 19.3 Å². The number of halogens is 1. The van der Waals surface area contributed by atoms with Crippen molar-refractivity contribution < 1.29 is 0 Å². The molecule has 21 heavy (non-hydrogen) atoms. The van der Waals surface area contributed by atoms with Crippen molar-refractivity contribution in [3.05, 3.63) is 63.5 Å². The molecule has 0 aliphatic carbocycles. The average molecular weight is 306 g/mol. The summed E-state index contributed by atoms with van der Waals surface area (Å²) in [6, 6.07) is 11.0. The SMILES string of the molecule is CN(CCCn1cc(N)ccc1=O)Cc1ccc(Cl)cc1. The smallest absolute Gasteiger partial charge is 0.250 e. The Kier molecular flexibility index (Phi) is 5.42. The number of nitrogen functional groups attached to an aromatic ring is 1. The Labute approximate surface area is 129 Å². The van der Waals surface area contributed by atoms with Crippen molar-refractivity contribution in [3.63, 3.8) is 0 Å². The molecule has 1 aromatic heterocycles. The Morgan fingerprint density at radius 2 is 1.90 bits per heavy atom. The van der Waals surface area contributed by atoms with Crippen LogP contribution < -0.4 is 11.3 Å². The third kappa shape index (κ3) is 4.92. The first-order chi connectivity index (χ1) is 10.0. The van der Waals surface area contributed by atoms with E-state index in [9.17, 15) is 4.79 Å². The fourth-order valence-electron chi connectivity index (χ4n) is 2.22. The van der Waals surface area contributed by atoms with Gasteiger partial charge in [-0.1, -0.05) is 23.7 Å². The molecule has 1 heterocycles. The van der Waals surface area contributed by atoms with Crippen LogP contribution in [0.1, 0.15) is 12.0 Å². The topological polar surface area (TPSA) is 51.3 Å². The second-order valence-electron chi connectivity index (χ2n) is 5.21. The molecule has 2 N–H and O–H groups in total. The Bertz CT molecular complexity index is 637. The molecule has 0 unspecified atom stereocenters. The Morgan fingerprint density at radius 1 is 1.19 bits per heavy atom. The third-order valence-corrected chi connectivity index (χ3v) is 3.56. The molecule has 112 valence electrons. The zero-order valence-corrected chi connectivity index (χ0v) is 12.9. The lowest BCUT2D eigenvalue weighted by Gasteiger charge is -2.17. The van der Waals surface area contributed by atoms with Gasteiger partial charge in [0.1, 0.15) is 0 Å². The highest BCUT2D eigenvalue weighted by Gasteiger charge is 2.02. The summed E-state index contributed by atoms with van der Waals surface area (Å²) >= 11 is 5.87. The molecule has 0 saturated carbocycles.